The molecule has 0 aliphatic heterocycles. The lowest BCUT2D eigenvalue weighted by atomic mass is 10.2. The van der Waals surface area contributed by atoms with Crippen LogP contribution in [-0.4, -0.2) is 67.0 Å². The molecule has 0 aromatic rings. The van der Waals surface area contributed by atoms with Crippen LogP contribution in [0.5, 0.6) is 0 Å². The summed E-state index contributed by atoms with van der Waals surface area (Å²) in [6, 6.07) is 0. The molecule has 0 rings (SSSR count). The highest BCUT2D eigenvalue weighted by Crippen LogP contribution is 2.35. The molecular formula is C15H30N3O10P. The summed E-state index contributed by atoms with van der Waals surface area (Å²) >= 11 is 0. The van der Waals surface area contributed by atoms with Gasteiger partial charge >= 0.3 is 20.0 Å². The lowest BCUT2D eigenvalue weighted by Crippen LogP contribution is -2.31. The number of primary amides is 2. The van der Waals surface area contributed by atoms with Crippen LogP contribution in [0.15, 0.2) is 0 Å². The van der Waals surface area contributed by atoms with E-state index in [0.717, 1.165) is 19.3 Å². The fourth-order valence-corrected chi connectivity index (χ4v) is 2.42. The third-order valence-electron chi connectivity index (χ3n) is 3.38. The topological polar surface area (TPSA) is 210 Å². The summed E-state index contributed by atoms with van der Waals surface area (Å²) in [5, 5.41) is 2.74. The summed E-state index contributed by atoms with van der Waals surface area (Å²) in [6.07, 6.45) is 0.656. The molecule has 0 heterocycles. The first-order valence-electron chi connectivity index (χ1n) is 9.03. The minimum Gasteiger partial charge on any atom is -0.447 e. The summed E-state index contributed by atoms with van der Waals surface area (Å²) in [6.45, 7) is 0.219. The maximum Gasteiger partial charge on any atom is 0.469 e. The van der Waals surface area contributed by atoms with Gasteiger partial charge in [-0.3, -0.25) is 9.32 Å². The maximum absolute atomic E-state index is 11.7. The molecule has 0 radical (unpaired) electrons. The molecule has 0 bridgehead atoms. The smallest absolute Gasteiger partial charge is 0.447 e. The monoisotopic (exact) mass is 443 g/mol. The summed E-state index contributed by atoms with van der Waals surface area (Å²) < 4.78 is 29.4. The van der Waals surface area contributed by atoms with E-state index in [-0.39, 0.29) is 38.8 Å². The molecule has 0 fully saturated rings. The first-order valence-corrected chi connectivity index (χ1v) is 10.6. The number of rotatable bonds is 17. The average molecular weight is 443 g/mol. The van der Waals surface area contributed by atoms with Crippen LogP contribution in [0.1, 0.15) is 38.5 Å². The minimum absolute atomic E-state index is 0.00735. The van der Waals surface area contributed by atoms with Crippen molar-refractivity contribution in [1.82, 2.24) is 5.32 Å². The van der Waals surface area contributed by atoms with Crippen molar-refractivity contribution in [3.63, 3.8) is 0 Å². The fourth-order valence-electron chi connectivity index (χ4n) is 2.06. The molecule has 170 valence electrons. The third-order valence-corrected chi connectivity index (χ3v) is 3.90. The van der Waals surface area contributed by atoms with Crippen molar-refractivity contribution >= 4 is 25.9 Å². The highest BCUT2D eigenvalue weighted by molar-refractivity contribution is 7.46. The molecule has 7 N–H and O–H groups in total. The number of carbonyl (C=O) groups is 3. The van der Waals surface area contributed by atoms with Crippen LogP contribution in [0.2, 0.25) is 0 Å². The molecule has 0 aliphatic rings. The Morgan fingerprint density at radius 3 is 2.03 bits per heavy atom. The van der Waals surface area contributed by atoms with Gasteiger partial charge in [-0.05, 0) is 19.3 Å². The Kier molecular flexibility index (Phi) is 14.9. The molecule has 0 spiro atoms. The van der Waals surface area contributed by atoms with Gasteiger partial charge in [0.2, 0.25) is 5.91 Å². The van der Waals surface area contributed by atoms with Gasteiger partial charge in [0, 0.05) is 19.6 Å². The number of nitrogens with one attached hydrogen (secondary N) is 1. The van der Waals surface area contributed by atoms with E-state index in [0.29, 0.717) is 19.4 Å². The standard InChI is InChI=1S/C15H30N3O10P/c16-14(20)26-10-12(11-27-15(17)21)25-8-5-6-13(19)18-7-3-1-2-4-9-28-29(22,23)24/h12H,1-11H2,(H2,16,20)(H2,17,21)(H,18,19)(H2,22,23,24). The van der Waals surface area contributed by atoms with Crippen LogP contribution in [-0.2, 0) is 28.1 Å². The van der Waals surface area contributed by atoms with Crippen molar-refractivity contribution in [3.8, 4) is 0 Å². The number of phosphoric acid groups is 1. The van der Waals surface area contributed by atoms with E-state index in [1.807, 2.05) is 0 Å². The zero-order chi connectivity index (χ0) is 22.1. The molecule has 0 atom stereocenters. The normalized spacial score (nSPS) is 11.3. The number of unbranched alkanes of at least 4 members (excludes halogenated alkanes) is 3. The molecule has 0 aromatic carbocycles. The highest BCUT2D eigenvalue weighted by Gasteiger charge is 2.14. The van der Waals surface area contributed by atoms with Crippen molar-refractivity contribution < 1.29 is 47.5 Å². The summed E-state index contributed by atoms with van der Waals surface area (Å²) in [7, 11) is -4.40. The fraction of sp³-hybridized carbons (Fsp3) is 0.800. The molecular weight excluding hydrogens is 413 g/mol. The molecule has 0 aromatic heterocycles. The second-order valence-corrected chi connectivity index (χ2v) is 7.18. The Labute approximate surface area is 168 Å². The number of amides is 3. The van der Waals surface area contributed by atoms with Crippen LogP contribution in [0.3, 0.4) is 0 Å². The third kappa shape index (κ3) is 20.6. The predicted octanol–water partition coefficient (Wildman–Crippen LogP) is 0.128. The van der Waals surface area contributed by atoms with Crippen LogP contribution < -0.4 is 16.8 Å². The Morgan fingerprint density at radius 2 is 1.48 bits per heavy atom. The van der Waals surface area contributed by atoms with E-state index in [9.17, 15) is 18.9 Å². The summed E-state index contributed by atoms with van der Waals surface area (Å²) in [5.41, 5.74) is 9.72. The number of ether oxygens (including phenoxy) is 3. The zero-order valence-electron chi connectivity index (χ0n) is 16.1. The number of hydrogen-bond acceptors (Lipinski definition) is 8. The Bertz CT molecular complexity index is 524. The van der Waals surface area contributed by atoms with Crippen molar-refractivity contribution in [2.75, 3.05) is 33.0 Å². The Morgan fingerprint density at radius 1 is 0.897 bits per heavy atom. The second-order valence-electron chi connectivity index (χ2n) is 5.94. The van der Waals surface area contributed by atoms with Crippen molar-refractivity contribution in [3.05, 3.63) is 0 Å². The van der Waals surface area contributed by atoms with Gasteiger partial charge in [-0.15, -0.1) is 0 Å². The number of nitrogens with two attached hydrogens (primary N) is 2. The number of phosphoric ester groups is 1. The number of carbonyl (C=O) groups excluding carboxylic acids is 3. The lowest BCUT2D eigenvalue weighted by Gasteiger charge is -2.16. The molecule has 0 saturated heterocycles. The summed E-state index contributed by atoms with van der Waals surface area (Å²) in [4.78, 5) is 50.0. The van der Waals surface area contributed by atoms with Gasteiger partial charge in [0.1, 0.15) is 19.3 Å². The molecule has 14 heteroatoms. The second kappa shape index (κ2) is 15.9. The molecule has 13 nitrogen and oxygen atoms in total. The summed E-state index contributed by atoms with van der Waals surface area (Å²) in [5.74, 6) is -0.156. The molecule has 0 saturated carbocycles. The maximum atomic E-state index is 11.7. The first kappa shape index (κ1) is 27.1. The van der Waals surface area contributed by atoms with Gasteiger partial charge < -0.3 is 40.8 Å². The largest absolute Gasteiger partial charge is 0.469 e. The SMILES string of the molecule is NC(=O)OCC(COC(N)=O)OCCCC(=O)NCCCCCCOP(=O)(O)O. The molecule has 3 amide bonds. The van der Waals surface area contributed by atoms with Gasteiger partial charge in [0.05, 0.1) is 6.61 Å². The van der Waals surface area contributed by atoms with Crippen LogP contribution >= 0.6 is 7.82 Å². The molecule has 0 unspecified atom stereocenters. The minimum atomic E-state index is -4.40. The quantitative estimate of drug-likeness (QED) is 0.151. The number of hydrogen-bond donors (Lipinski definition) is 5. The highest BCUT2D eigenvalue weighted by atomic mass is 31.2. The van der Waals surface area contributed by atoms with E-state index in [1.165, 1.54) is 0 Å². The van der Waals surface area contributed by atoms with Crippen molar-refractivity contribution in [2.45, 2.75) is 44.6 Å². The average Bonchev–Trinajstić information content (AvgIpc) is 2.61. The van der Waals surface area contributed by atoms with Gasteiger partial charge in [0.25, 0.3) is 0 Å². The molecule has 29 heavy (non-hydrogen) atoms. The van der Waals surface area contributed by atoms with E-state index < -0.39 is 26.1 Å². The lowest BCUT2D eigenvalue weighted by molar-refractivity contribution is -0.121. The van der Waals surface area contributed by atoms with Gasteiger partial charge in [-0.1, -0.05) is 12.8 Å². The first-order chi connectivity index (χ1) is 13.6. The van der Waals surface area contributed by atoms with E-state index in [2.05, 4.69) is 19.3 Å². The predicted molar refractivity (Wildman–Crippen MR) is 99.5 cm³/mol. The van der Waals surface area contributed by atoms with Crippen molar-refractivity contribution in [1.29, 1.82) is 0 Å². The van der Waals surface area contributed by atoms with Crippen LogP contribution in [0.25, 0.3) is 0 Å². The van der Waals surface area contributed by atoms with Crippen molar-refractivity contribution in [2.24, 2.45) is 11.5 Å². The van der Waals surface area contributed by atoms with Gasteiger partial charge in [-0.25, -0.2) is 14.2 Å². The van der Waals surface area contributed by atoms with Crippen LogP contribution in [0, 0.1) is 0 Å². The van der Waals surface area contributed by atoms with E-state index in [1.54, 1.807) is 0 Å². The van der Waals surface area contributed by atoms with Crippen LogP contribution in [0.4, 0.5) is 9.59 Å². The Hall–Kier alpha value is -1.92. The molecule has 0 aliphatic carbocycles. The van der Waals surface area contributed by atoms with E-state index in [4.69, 9.17) is 26.0 Å². The van der Waals surface area contributed by atoms with Gasteiger partial charge in [-0.2, -0.15) is 0 Å². The van der Waals surface area contributed by atoms with Gasteiger partial charge in [0.15, 0.2) is 0 Å². The zero-order valence-corrected chi connectivity index (χ0v) is 17.0. The Balaban J connectivity index is 3.72. The van der Waals surface area contributed by atoms with E-state index >= 15 is 0 Å².